The van der Waals surface area contributed by atoms with Crippen LogP contribution in [0.4, 0.5) is 0 Å². The third-order valence-electron chi connectivity index (χ3n) is 4.43. The van der Waals surface area contributed by atoms with Crippen molar-refractivity contribution in [3.8, 4) is 0 Å². The van der Waals surface area contributed by atoms with Crippen molar-refractivity contribution in [2.24, 2.45) is 0 Å². The normalized spacial score (nSPS) is 16.9. The molecule has 6 nitrogen and oxygen atoms in total. The zero-order valence-electron chi connectivity index (χ0n) is 16.5. The number of allylic oxidation sites excluding steroid dienone is 1. The van der Waals surface area contributed by atoms with Gasteiger partial charge in [0.25, 0.3) is 0 Å². The molecule has 0 spiro atoms. The van der Waals surface area contributed by atoms with Gasteiger partial charge in [0.2, 0.25) is 0 Å². The summed E-state index contributed by atoms with van der Waals surface area (Å²) in [5, 5.41) is 4.36. The average molecular weight is 427 g/mol. The number of carbonyl (C=O) groups is 1. The highest BCUT2D eigenvalue weighted by Gasteiger charge is 2.35. The maximum Gasteiger partial charge on any atom is 0.338 e. The van der Waals surface area contributed by atoms with Crippen LogP contribution in [0.25, 0.3) is 0 Å². The van der Waals surface area contributed by atoms with Gasteiger partial charge in [-0.3, -0.25) is 0 Å². The third kappa shape index (κ3) is 5.67. The molecule has 1 aromatic rings. The number of methoxy groups -OCH3 is 1. The monoisotopic (exact) mass is 426 g/mol. The molecule has 1 aliphatic rings. The summed E-state index contributed by atoms with van der Waals surface area (Å²) >= 11 is 12.0. The van der Waals surface area contributed by atoms with Crippen molar-refractivity contribution in [2.45, 2.75) is 26.3 Å². The van der Waals surface area contributed by atoms with Gasteiger partial charge in [0.05, 0.1) is 18.2 Å². The fourth-order valence-corrected chi connectivity index (χ4v) is 3.61. The number of hydrogen-bond acceptors (Lipinski definition) is 5. The summed E-state index contributed by atoms with van der Waals surface area (Å²) in [5.74, 6) is -0.413. The molecule has 28 heavy (non-hydrogen) atoms. The Morgan fingerprint density at radius 2 is 2.04 bits per heavy atom. The second-order valence-corrected chi connectivity index (χ2v) is 7.03. The maximum absolute atomic E-state index is 12.9. The third-order valence-corrected chi connectivity index (χ3v) is 5.11. The Bertz CT molecular complexity index is 726. The van der Waals surface area contributed by atoms with Gasteiger partial charge in [0.1, 0.15) is 6.61 Å². The Balaban J connectivity index is 2.34. The van der Waals surface area contributed by atoms with E-state index in [-0.39, 0.29) is 6.61 Å². The van der Waals surface area contributed by atoms with Crippen LogP contribution in [0.15, 0.2) is 35.5 Å². The number of esters is 1. The number of benzene rings is 1. The number of nitrogens with one attached hydrogen (secondary N) is 1. The van der Waals surface area contributed by atoms with Crippen LogP contribution in [0.5, 0.6) is 0 Å². The van der Waals surface area contributed by atoms with E-state index in [2.05, 4.69) is 5.32 Å². The van der Waals surface area contributed by atoms with Crippen LogP contribution >= 0.6 is 23.8 Å². The van der Waals surface area contributed by atoms with Gasteiger partial charge in [-0.15, -0.1) is 0 Å². The molecule has 2 rings (SSSR count). The van der Waals surface area contributed by atoms with E-state index < -0.39 is 12.0 Å². The minimum atomic E-state index is -0.473. The van der Waals surface area contributed by atoms with Gasteiger partial charge in [0, 0.05) is 37.6 Å². The highest BCUT2D eigenvalue weighted by molar-refractivity contribution is 7.80. The van der Waals surface area contributed by atoms with Crippen LogP contribution in [-0.2, 0) is 19.0 Å². The van der Waals surface area contributed by atoms with Crippen molar-refractivity contribution >= 4 is 34.9 Å². The Morgan fingerprint density at radius 3 is 2.71 bits per heavy atom. The molecular weight excluding hydrogens is 400 g/mol. The predicted octanol–water partition coefficient (Wildman–Crippen LogP) is 3.46. The zero-order chi connectivity index (χ0) is 20.5. The van der Waals surface area contributed by atoms with Gasteiger partial charge in [-0.1, -0.05) is 29.8 Å². The number of hydrogen-bond donors (Lipinski definition) is 1. The van der Waals surface area contributed by atoms with Crippen molar-refractivity contribution in [3.05, 3.63) is 46.1 Å². The summed E-state index contributed by atoms with van der Waals surface area (Å²) in [6.45, 7) is 6.29. The highest BCUT2D eigenvalue weighted by Crippen LogP contribution is 2.34. The predicted molar refractivity (Wildman–Crippen MR) is 113 cm³/mol. The molecule has 0 saturated carbocycles. The van der Waals surface area contributed by atoms with Crippen LogP contribution in [0.2, 0.25) is 5.02 Å². The molecule has 0 saturated heterocycles. The summed E-state index contributed by atoms with van der Waals surface area (Å²) in [5.41, 5.74) is 2.03. The molecule has 0 radical (unpaired) electrons. The van der Waals surface area contributed by atoms with Crippen molar-refractivity contribution in [2.75, 3.05) is 40.1 Å². The molecule has 0 fully saturated rings. The number of thiocarbonyl (C=S) groups is 1. The molecular formula is C20H27ClN2O4S. The lowest BCUT2D eigenvalue weighted by molar-refractivity contribution is -0.140. The van der Waals surface area contributed by atoms with Crippen molar-refractivity contribution in [1.82, 2.24) is 10.2 Å². The molecule has 1 heterocycles. The molecule has 0 bridgehead atoms. The van der Waals surface area contributed by atoms with Gasteiger partial charge in [-0.2, -0.15) is 0 Å². The summed E-state index contributed by atoms with van der Waals surface area (Å²) in [6.07, 6.45) is 0.787. The number of rotatable bonds is 10. The van der Waals surface area contributed by atoms with Gasteiger partial charge < -0.3 is 24.4 Å². The minimum Gasteiger partial charge on any atom is -0.460 e. The van der Waals surface area contributed by atoms with E-state index in [4.69, 9.17) is 38.0 Å². The van der Waals surface area contributed by atoms with E-state index >= 15 is 0 Å². The van der Waals surface area contributed by atoms with E-state index in [0.717, 1.165) is 17.7 Å². The van der Waals surface area contributed by atoms with Gasteiger partial charge in [-0.25, -0.2) is 4.79 Å². The van der Waals surface area contributed by atoms with Crippen LogP contribution in [0.1, 0.15) is 31.9 Å². The van der Waals surface area contributed by atoms with Crippen molar-refractivity contribution in [1.29, 1.82) is 0 Å². The molecule has 1 aliphatic heterocycles. The molecule has 154 valence electrons. The van der Waals surface area contributed by atoms with E-state index in [1.165, 1.54) is 0 Å². The van der Waals surface area contributed by atoms with E-state index in [1.54, 1.807) is 13.2 Å². The lowest BCUT2D eigenvalue weighted by Crippen LogP contribution is -2.48. The average Bonchev–Trinajstić information content (AvgIpc) is 2.67. The lowest BCUT2D eigenvalue weighted by atomic mass is 9.95. The Morgan fingerprint density at radius 1 is 1.29 bits per heavy atom. The minimum absolute atomic E-state index is 0.177. The second kappa shape index (κ2) is 11.4. The molecule has 1 aromatic carbocycles. The fourth-order valence-electron chi connectivity index (χ4n) is 3.02. The van der Waals surface area contributed by atoms with Gasteiger partial charge in [-0.05, 0) is 44.1 Å². The molecule has 0 aliphatic carbocycles. The zero-order valence-corrected chi connectivity index (χ0v) is 18.1. The molecule has 8 heteroatoms. The number of carbonyl (C=O) groups excluding carboxylic acids is 1. The lowest BCUT2D eigenvalue weighted by Gasteiger charge is -2.37. The Kier molecular flexibility index (Phi) is 9.18. The quantitative estimate of drug-likeness (QED) is 0.349. The first kappa shape index (κ1) is 22.6. The van der Waals surface area contributed by atoms with Crippen molar-refractivity contribution < 1.29 is 19.0 Å². The molecule has 0 aromatic heterocycles. The van der Waals surface area contributed by atoms with Crippen LogP contribution in [0, 0.1) is 0 Å². The van der Waals surface area contributed by atoms with Crippen LogP contribution in [0.3, 0.4) is 0 Å². The maximum atomic E-state index is 12.9. The highest BCUT2D eigenvalue weighted by atomic mass is 35.5. The first-order chi connectivity index (χ1) is 13.5. The van der Waals surface area contributed by atoms with Crippen molar-refractivity contribution in [3.63, 3.8) is 0 Å². The fraction of sp³-hybridized carbons (Fsp3) is 0.500. The largest absolute Gasteiger partial charge is 0.460 e. The SMILES string of the molecule is CCOCCCN1C(=S)N[C@H](c2ccccc2Cl)C(C(=O)OCCOC)=C1C. The smallest absolute Gasteiger partial charge is 0.338 e. The number of nitrogens with zero attached hydrogens (tertiary/aromatic N) is 1. The first-order valence-corrected chi connectivity index (χ1v) is 10.1. The summed E-state index contributed by atoms with van der Waals surface area (Å²) < 4.78 is 15.8. The van der Waals surface area contributed by atoms with Gasteiger partial charge >= 0.3 is 5.97 Å². The standard InChI is InChI=1S/C20H27ClN2O4S/c1-4-26-11-7-10-23-14(2)17(19(24)27-13-12-25-3)18(22-20(23)28)15-8-5-6-9-16(15)21/h5-6,8-9,18H,4,7,10-13H2,1-3H3,(H,22,28)/t18-/m1/s1. The van der Waals surface area contributed by atoms with E-state index in [9.17, 15) is 4.79 Å². The Hall–Kier alpha value is -1.67. The Labute approximate surface area is 176 Å². The van der Waals surface area contributed by atoms with Gasteiger partial charge in [0.15, 0.2) is 5.11 Å². The topological polar surface area (TPSA) is 60.0 Å². The molecule has 0 unspecified atom stereocenters. The summed E-state index contributed by atoms with van der Waals surface area (Å²) in [7, 11) is 1.56. The first-order valence-electron chi connectivity index (χ1n) is 9.28. The number of halogens is 1. The summed E-state index contributed by atoms with van der Waals surface area (Å²) in [6, 6.07) is 6.92. The summed E-state index contributed by atoms with van der Waals surface area (Å²) in [4.78, 5) is 14.8. The molecule has 0 amide bonds. The van der Waals surface area contributed by atoms with Crippen LogP contribution in [-0.4, -0.2) is 56.1 Å². The van der Waals surface area contributed by atoms with Crippen LogP contribution < -0.4 is 5.32 Å². The van der Waals surface area contributed by atoms with E-state index in [1.807, 2.05) is 36.9 Å². The second-order valence-electron chi connectivity index (χ2n) is 6.23. The molecule has 1 atom stereocenters. The molecule has 1 N–H and O–H groups in total. The van der Waals surface area contributed by atoms with E-state index in [0.29, 0.717) is 42.1 Å². The number of ether oxygens (including phenoxy) is 3.